The van der Waals surface area contributed by atoms with Crippen LogP contribution in [0.2, 0.25) is 0 Å². The van der Waals surface area contributed by atoms with Gasteiger partial charge in [-0.25, -0.2) is 9.07 Å². The first-order valence-corrected chi connectivity index (χ1v) is 10.3. The molecule has 0 spiro atoms. The molecule has 5 rings (SSSR count). The molecule has 0 unspecified atom stereocenters. The van der Waals surface area contributed by atoms with Crippen LogP contribution in [-0.4, -0.2) is 21.0 Å². The average Bonchev–Trinajstić information content (AvgIpc) is 3.27. The van der Waals surface area contributed by atoms with Crippen molar-refractivity contribution in [2.24, 2.45) is 11.3 Å². The van der Waals surface area contributed by atoms with Crippen LogP contribution in [0.5, 0.6) is 0 Å². The summed E-state index contributed by atoms with van der Waals surface area (Å²) >= 11 is 0. The lowest BCUT2D eigenvalue weighted by Crippen LogP contribution is -2.37. The van der Waals surface area contributed by atoms with Gasteiger partial charge in [-0.1, -0.05) is 42.8 Å². The Bertz CT molecular complexity index is 1050. The lowest BCUT2D eigenvalue weighted by molar-refractivity contribution is 0.0566. The first-order valence-electron chi connectivity index (χ1n) is 10.3. The summed E-state index contributed by atoms with van der Waals surface area (Å²) in [6.45, 7) is 2.29. The van der Waals surface area contributed by atoms with Gasteiger partial charge in [-0.05, 0) is 78.5 Å². The van der Waals surface area contributed by atoms with Crippen LogP contribution in [0.25, 0.3) is 11.8 Å². The molecule has 2 aliphatic rings. The smallest absolute Gasteiger partial charge is 0.123 e. The molecule has 3 aromatic rings. The topological polar surface area (TPSA) is 38.0 Å². The molecule has 1 heterocycles. The number of allylic oxidation sites excluding steroid dienone is 1. The molecular weight excluding hydrogens is 363 g/mol. The lowest BCUT2D eigenvalue weighted by atomic mass is 9.67. The molecule has 2 aromatic carbocycles. The fourth-order valence-corrected chi connectivity index (χ4v) is 5.28. The number of aliphatic hydroxyl groups excluding tert-OH is 1. The fourth-order valence-electron chi connectivity index (χ4n) is 5.28. The number of benzene rings is 2. The Morgan fingerprint density at radius 1 is 1.17 bits per heavy atom. The fraction of sp³-hybridized carbons (Fsp3) is 0.320. The predicted molar refractivity (Wildman–Crippen MR) is 112 cm³/mol. The monoisotopic (exact) mass is 388 g/mol. The van der Waals surface area contributed by atoms with E-state index in [-0.39, 0.29) is 23.3 Å². The van der Waals surface area contributed by atoms with Crippen molar-refractivity contribution in [3.63, 3.8) is 0 Å². The molecule has 1 N–H and O–H groups in total. The Morgan fingerprint density at radius 2 is 1.93 bits per heavy atom. The molecule has 1 fully saturated rings. The Balaban J connectivity index is 1.44. The minimum Gasteiger partial charge on any atom is -0.392 e. The maximum Gasteiger partial charge on any atom is 0.123 e. The van der Waals surface area contributed by atoms with Gasteiger partial charge in [0, 0.05) is 0 Å². The van der Waals surface area contributed by atoms with E-state index in [2.05, 4.69) is 30.2 Å². The number of aliphatic hydroxyl groups is 1. The number of halogens is 1. The number of rotatable bonds is 4. The standard InChI is InChI=1S/C25H25FN2O/c1-25-15-18-16-27-28(21-10-8-20(26)9-11-21)23(18)14-19(25)7-12-22(25)24(29)13-17-5-3-2-4-6-17/h2-6,8-11,14,16,22,24,29H,7,12-13,15H2,1H3/t22-,24+,25+/m1/s1. The molecule has 0 radical (unpaired) electrons. The predicted octanol–water partition coefficient (Wildman–Crippen LogP) is 4.97. The van der Waals surface area contributed by atoms with E-state index in [1.54, 1.807) is 12.1 Å². The molecule has 148 valence electrons. The van der Waals surface area contributed by atoms with E-state index in [4.69, 9.17) is 0 Å². The Labute approximate surface area is 170 Å². The van der Waals surface area contributed by atoms with Crippen LogP contribution < -0.4 is 0 Å². The van der Waals surface area contributed by atoms with E-state index in [9.17, 15) is 9.50 Å². The highest BCUT2D eigenvalue weighted by Gasteiger charge is 2.48. The van der Waals surface area contributed by atoms with E-state index in [1.165, 1.54) is 28.8 Å². The second-order valence-corrected chi connectivity index (χ2v) is 8.61. The van der Waals surface area contributed by atoms with Crippen LogP contribution in [0.4, 0.5) is 4.39 Å². The summed E-state index contributed by atoms with van der Waals surface area (Å²) in [5.41, 5.74) is 5.68. The second-order valence-electron chi connectivity index (χ2n) is 8.61. The Morgan fingerprint density at radius 3 is 2.69 bits per heavy atom. The van der Waals surface area contributed by atoms with Crippen LogP contribution >= 0.6 is 0 Å². The number of hydrogen-bond acceptors (Lipinski definition) is 2. The molecule has 1 aromatic heterocycles. The second kappa shape index (κ2) is 6.96. The van der Waals surface area contributed by atoms with Crippen molar-refractivity contribution < 1.29 is 9.50 Å². The number of aromatic nitrogens is 2. The summed E-state index contributed by atoms with van der Waals surface area (Å²) in [6, 6.07) is 16.7. The summed E-state index contributed by atoms with van der Waals surface area (Å²) < 4.78 is 15.2. The van der Waals surface area contributed by atoms with Crippen LogP contribution in [-0.2, 0) is 12.8 Å². The number of nitrogens with zero attached hydrogens (tertiary/aromatic N) is 2. The summed E-state index contributed by atoms with van der Waals surface area (Å²) in [5.74, 6) is -0.0111. The van der Waals surface area contributed by atoms with Crippen molar-refractivity contribution in [2.45, 2.75) is 38.7 Å². The molecule has 0 aliphatic heterocycles. The highest BCUT2D eigenvalue weighted by atomic mass is 19.1. The molecule has 0 saturated heterocycles. The third-order valence-electron chi connectivity index (χ3n) is 6.85. The number of fused-ring (bicyclic) bond motifs is 2. The third-order valence-corrected chi connectivity index (χ3v) is 6.85. The lowest BCUT2D eigenvalue weighted by Gasteiger charge is -2.38. The molecular formula is C25H25FN2O. The van der Waals surface area contributed by atoms with Crippen molar-refractivity contribution in [3.8, 4) is 5.69 Å². The SMILES string of the molecule is C[C@]12Cc3cnn(-c4ccc(F)cc4)c3C=C1CC[C@@H]2[C@@H](O)Cc1ccccc1. The zero-order valence-corrected chi connectivity index (χ0v) is 16.6. The minimum atomic E-state index is -0.359. The zero-order chi connectivity index (χ0) is 20.0. The summed E-state index contributed by atoms with van der Waals surface area (Å²) in [4.78, 5) is 0. The average molecular weight is 388 g/mol. The quantitative estimate of drug-likeness (QED) is 0.685. The maximum atomic E-state index is 13.3. The van der Waals surface area contributed by atoms with Gasteiger partial charge < -0.3 is 5.11 Å². The van der Waals surface area contributed by atoms with Gasteiger partial charge in [-0.15, -0.1) is 0 Å². The maximum absolute atomic E-state index is 13.3. The van der Waals surface area contributed by atoms with Crippen LogP contribution in [0, 0.1) is 17.2 Å². The summed E-state index contributed by atoms with van der Waals surface area (Å²) in [5, 5.41) is 15.7. The third kappa shape index (κ3) is 3.12. The Kier molecular flexibility index (Phi) is 4.39. The highest BCUT2D eigenvalue weighted by Crippen LogP contribution is 2.54. The van der Waals surface area contributed by atoms with Crippen LogP contribution in [0.3, 0.4) is 0 Å². The highest BCUT2D eigenvalue weighted by molar-refractivity contribution is 5.62. The molecule has 0 bridgehead atoms. The molecule has 3 atom stereocenters. The van der Waals surface area contributed by atoms with Gasteiger partial charge >= 0.3 is 0 Å². The molecule has 4 heteroatoms. The summed E-state index contributed by atoms with van der Waals surface area (Å²) in [7, 11) is 0. The van der Waals surface area contributed by atoms with Crippen LogP contribution in [0.15, 0.2) is 66.4 Å². The van der Waals surface area contributed by atoms with Crippen molar-refractivity contribution in [1.29, 1.82) is 0 Å². The number of hydrogen-bond donors (Lipinski definition) is 1. The van der Waals surface area contributed by atoms with Crippen molar-refractivity contribution in [2.75, 3.05) is 0 Å². The van der Waals surface area contributed by atoms with Gasteiger partial charge in [0.1, 0.15) is 5.82 Å². The van der Waals surface area contributed by atoms with E-state index >= 15 is 0 Å². The van der Waals surface area contributed by atoms with Gasteiger partial charge in [0.2, 0.25) is 0 Å². The van der Waals surface area contributed by atoms with Gasteiger partial charge in [0.25, 0.3) is 0 Å². The van der Waals surface area contributed by atoms with Gasteiger partial charge in [-0.3, -0.25) is 0 Å². The zero-order valence-electron chi connectivity index (χ0n) is 16.6. The first-order chi connectivity index (χ1) is 14.0. The minimum absolute atomic E-state index is 0.0438. The van der Waals surface area contributed by atoms with Crippen molar-refractivity contribution in [1.82, 2.24) is 9.78 Å². The van der Waals surface area contributed by atoms with E-state index in [1.807, 2.05) is 29.1 Å². The van der Waals surface area contributed by atoms with Gasteiger partial charge in [-0.2, -0.15) is 5.10 Å². The molecule has 1 saturated carbocycles. The Hall–Kier alpha value is -2.72. The normalized spacial score (nSPS) is 24.0. The van der Waals surface area contributed by atoms with Crippen LogP contribution in [0.1, 0.15) is 36.6 Å². The van der Waals surface area contributed by atoms with Crippen molar-refractivity contribution in [3.05, 3.63) is 89.0 Å². The molecule has 3 nitrogen and oxygen atoms in total. The largest absolute Gasteiger partial charge is 0.392 e. The van der Waals surface area contributed by atoms with Crippen molar-refractivity contribution >= 4 is 6.08 Å². The van der Waals surface area contributed by atoms with E-state index < -0.39 is 0 Å². The molecule has 2 aliphatic carbocycles. The van der Waals surface area contributed by atoms with Gasteiger partial charge in [0.05, 0.1) is 23.7 Å². The molecule has 0 amide bonds. The first kappa shape index (κ1) is 18.3. The molecule has 29 heavy (non-hydrogen) atoms. The summed E-state index contributed by atoms with van der Waals surface area (Å²) in [6.07, 6.45) is 7.40. The van der Waals surface area contributed by atoms with E-state index in [0.717, 1.165) is 30.6 Å². The van der Waals surface area contributed by atoms with E-state index in [0.29, 0.717) is 6.42 Å². The van der Waals surface area contributed by atoms with Gasteiger partial charge in [0.15, 0.2) is 0 Å².